The predicted molar refractivity (Wildman–Crippen MR) is 120 cm³/mol. The molecule has 4 heteroatoms. The molecule has 4 nitrogen and oxygen atoms in total. The number of aryl methyl sites for hydroxylation is 1. The summed E-state index contributed by atoms with van der Waals surface area (Å²) in [5.74, 6) is 2.84. The van der Waals surface area contributed by atoms with Gasteiger partial charge in [0.1, 0.15) is 5.75 Å². The van der Waals surface area contributed by atoms with Gasteiger partial charge in [-0.1, -0.05) is 13.0 Å². The van der Waals surface area contributed by atoms with Gasteiger partial charge in [0.05, 0.1) is 0 Å². The fourth-order valence-corrected chi connectivity index (χ4v) is 6.91. The number of hydrogen-bond donors (Lipinski definition) is 4. The summed E-state index contributed by atoms with van der Waals surface area (Å²) in [6.45, 7) is 6.73. The molecular formula is C25H41N3O. The molecule has 29 heavy (non-hydrogen) atoms. The molecule has 5 atom stereocenters. The molecule has 1 aromatic rings. The zero-order valence-electron chi connectivity index (χ0n) is 18.3. The van der Waals surface area contributed by atoms with Crippen LogP contribution in [0.25, 0.3) is 0 Å². The molecule has 0 unspecified atom stereocenters. The molecule has 2 saturated carbocycles. The van der Waals surface area contributed by atoms with Crippen molar-refractivity contribution in [3.8, 4) is 5.75 Å². The molecule has 5 N–H and O–H groups in total. The van der Waals surface area contributed by atoms with E-state index in [0.717, 1.165) is 50.9 Å². The van der Waals surface area contributed by atoms with Crippen LogP contribution >= 0.6 is 0 Å². The molecule has 1 aromatic carbocycles. The molecule has 0 saturated heterocycles. The number of aromatic hydroxyl groups is 1. The number of hydrogen-bond acceptors (Lipinski definition) is 4. The van der Waals surface area contributed by atoms with E-state index in [1.54, 1.807) is 5.56 Å². The van der Waals surface area contributed by atoms with Crippen molar-refractivity contribution >= 4 is 0 Å². The van der Waals surface area contributed by atoms with Crippen molar-refractivity contribution in [3.63, 3.8) is 0 Å². The molecule has 0 aromatic heterocycles. The van der Waals surface area contributed by atoms with Crippen LogP contribution in [0.2, 0.25) is 0 Å². The summed E-state index contributed by atoms with van der Waals surface area (Å²) in [5.41, 5.74) is 8.96. The van der Waals surface area contributed by atoms with E-state index in [-0.39, 0.29) is 0 Å². The van der Waals surface area contributed by atoms with Crippen molar-refractivity contribution in [2.24, 2.45) is 23.0 Å². The zero-order chi connectivity index (χ0) is 20.3. The lowest BCUT2D eigenvalue weighted by Crippen LogP contribution is -2.49. The Bertz CT molecular complexity index is 678. The Morgan fingerprint density at radius 2 is 1.93 bits per heavy atom. The van der Waals surface area contributed by atoms with Gasteiger partial charge in [-0.2, -0.15) is 0 Å². The van der Waals surface area contributed by atoms with E-state index in [0.29, 0.717) is 23.1 Å². The highest BCUT2D eigenvalue weighted by Gasteiger charge is 2.54. The predicted octanol–water partition coefficient (Wildman–Crippen LogP) is 3.93. The van der Waals surface area contributed by atoms with Crippen molar-refractivity contribution in [3.05, 3.63) is 29.3 Å². The summed E-state index contributed by atoms with van der Waals surface area (Å²) in [4.78, 5) is 0. The van der Waals surface area contributed by atoms with E-state index in [1.165, 1.54) is 50.5 Å². The number of unbranched alkanes of at least 4 members (excludes halogenated alkanes) is 1. The molecule has 162 valence electrons. The molecule has 0 aliphatic heterocycles. The minimum Gasteiger partial charge on any atom is -0.508 e. The van der Waals surface area contributed by atoms with Crippen LogP contribution in [0.3, 0.4) is 0 Å². The Balaban J connectivity index is 1.30. The maximum atomic E-state index is 9.87. The Hall–Kier alpha value is -1.10. The average Bonchev–Trinajstić information content (AvgIpc) is 3.06. The first-order valence-electron chi connectivity index (χ1n) is 12.1. The zero-order valence-corrected chi connectivity index (χ0v) is 18.3. The first-order valence-corrected chi connectivity index (χ1v) is 12.1. The van der Waals surface area contributed by atoms with Crippen LogP contribution in [0, 0.1) is 17.3 Å². The third-order valence-electron chi connectivity index (χ3n) is 8.44. The second-order valence-corrected chi connectivity index (χ2v) is 10.0. The van der Waals surface area contributed by atoms with E-state index in [2.05, 4.69) is 23.6 Å². The standard InChI is InChI=1S/C25H41N3O/c1-25-12-11-21-20-8-6-19(29)17-18(20)5-7-22(21)23(25)9-10-24(25)28-16-4-15-27-14-3-2-13-26/h6,8,17,21-24,27-29H,2-5,7,9-16,26H2,1H3/t21-,22-,23+,24+,25+/m1/s1. The van der Waals surface area contributed by atoms with E-state index < -0.39 is 0 Å². The van der Waals surface area contributed by atoms with Crippen molar-refractivity contribution in [1.29, 1.82) is 0 Å². The monoisotopic (exact) mass is 399 g/mol. The summed E-state index contributed by atoms with van der Waals surface area (Å²) in [6.07, 6.45) is 11.4. The highest BCUT2D eigenvalue weighted by atomic mass is 16.3. The quantitative estimate of drug-likeness (QED) is 0.475. The number of benzene rings is 1. The first-order chi connectivity index (χ1) is 14.1. The summed E-state index contributed by atoms with van der Waals surface area (Å²) >= 11 is 0. The molecule has 0 radical (unpaired) electrons. The Morgan fingerprint density at radius 3 is 2.79 bits per heavy atom. The van der Waals surface area contributed by atoms with Crippen molar-refractivity contribution in [2.75, 3.05) is 26.2 Å². The normalized spacial score (nSPS) is 33.2. The summed E-state index contributed by atoms with van der Waals surface area (Å²) in [7, 11) is 0. The summed E-state index contributed by atoms with van der Waals surface area (Å²) in [5, 5.41) is 17.4. The fourth-order valence-electron chi connectivity index (χ4n) is 6.91. The van der Waals surface area contributed by atoms with Gasteiger partial charge in [-0.25, -0.2) is 0 Å². The van der Waals surface area contributed by atoms with Crippen LogP contribution in [0.5, 0.6) is 5.75 Å². The lowest BCUT2D eigenvalue weighted by Gasteiger charge is -2.51. The smallest absolute Gasteiger partial charge is 0.115 e. The maximum Gasteiger partial charge on any atom is 0.115 e. The van der Waals surface area contributed by atoms with Crippen LogP contribution in [0.4, 0.5) is 0 Å². The third kappa shape index (κ3) is 4.35. The topological polar surface area (TPSA) is 70.3 Å². The Kier molecular flexibility index (Phi) is 6.83. The second kappa shape index (κ2) is 9.36. The van der Waals surface area contributed by atoms with Crippen molar-refractivity contribution in [2.45, 2.75) is 76.7 Å². The Labute approximate surface area is 177 Å². The van der Waals surface area contributed by atoms with Gasteiger partial charge in [0.15, 0.2) is 0 Å². The van der Waals surface area contributed by atoms with Gasteiger partial charge in [0.25, 0.3) is 0 Å². The molecule has 4 rings (SSSR count). The van der Waals surface area contributed by atoms with Gasteiger partial charge in [0, 0.05) is 6.04 Å². The number of fused-ring (bicyclic) bond motifs is 5. The van der Waals surface area contributed by atoms with E-state index in [1.807, 2.05) is 12.1 Å². The van der Waals surface area contributed by atoms with Crippen LogP contribution in [0.1, 0.15) is 75.3 Å². The maximum absolute atomic E-state index is 9.87. The molecule has 0 heterocycles. The van der Waals surface area contributed by atoms with Crippen LogP contribution in [-0.4, -0.2) is 37.3 Å². The number of nitrogens with two attached hydrogens (primary N) is 1. The second-order valence-electron chi connectivity index (χ2n) is 10.0. The minimum atomic E-state index is 0.432. The molecule has 3 aliphatic carbocycles. The van der Waals surface area contributed by atoms with E-state index in [9.17, 15) is 5.11 Å². The fraction of sp³-hybridized carbons (Fsp3) is 0.760. The molecular weight excluding hydrogens is 358 g/mol. The largest absolute Gasteiger partial charge is 0.508 e. The van der Waals surface area contributed by atoms with Crippen molar-refractivity contribution in [1.82, 2.24) is 10.6 Å². The van der Waals surface area contributed by atoms with Gasteiger partial charge in [0.2, 0.25) is 0 Å². The molecule has 0 amide bonds. The first kappa shape index (κ1) is 21.1. The van der Waals surface area contributed by atoms with Gasteiger partial charge in [-0.3, -0.25) is 0 Å². The highest BCUT2D eigenvalue weighted by molar-refractivity contribution is 5.40. The number of phenolic OH excluding ortho intramolecular Hbond substituents is 1. The molecule has 3 aliphatic rings. The summed E-state index contributed by atoms with van der Waals surface area (Å²) in [6, 6.07) is 6.82. The number of nitrogens with one attached hydrogen (secondary N) is 2. The summed E-state index contributed by atoms with van der Waals surface area (Å²) < 4.78 is 0. The van der Waals surface area contributed by atoms with Gasteiger partial charge in [-0.15, -0.1) is 0 Å². The number of rotatable bonds is 9. The van der Waals surface area contributed by atoms with Crippen LogP contribution in [-0.2, 0) is 6.42 Å². The highest BCUT2D eigenvalue weighted by Crippen LogP contribution is 2.60. The van der Waals surface area contributed by atoms with Gasteiger partial charge in [-0.05, 0) is 130 Å². The average molecular weight is 400 g/mol. The third-order valence-corrected chi connectivity index (χ3v) is 8.44. The van der Waals surface area contributed by atoms with E-state index >= 15 is 0 Å². The Morgan fingerprint density at radius 1 is 1.07 bits per heavy atom. The minimum absolute atomic E-state index is 0.432. The molecule has 2 fully saturated rings. The van der Waals surface area contributed by atoms with Crippen LogP contribution < -0.4 is 16.4 Å². The van der Waals surface area contributed by atoms with Gasteiger partial charge >= 0.3 is 0 Å². The lowest BCUT2D eigenvalue weighted by molar-refractivity contribution is 0.0412. The SMILES string of the molecule is C[C@]12CC[C@@H]3c4ccc(O)cc4CC[C@H]3[C@@H]1CC[C@@H]2NCCCNCCCCN. The van der Waals surface area contributed by atoms with Crippen molar-refractivity contribution < 1.29 is 5.11 Å². The number of phenols is 1. The molecule has 0 bridgehead atoms. The van der Waals surface area contributed by atoms with Crippen LogP contribution in [0.15, 0.2) is 18.2 Å². The lowest BCUT2D eigenvalue weighted by atomic mass is 9.55. The van der Waals surface area contributed by atoms with Gasteiger partial charge < -0.3 is 21.5 Å². The molecule has 0 spiro atoms. The van der Waals surface area contributed by atoms with E-state index in [4.69, 9.17) is 5.73 Å².